The Kier molecular flexibility index (Phi) is 5.61. The van der Waals surface area contributed by atoms with Crippen molar-refractivity contribution >= 4 is 28.9 Å². The van der Waals surface area contributed by atoms with Crippen LogP contribution in [0.4, 0.5) is 19.3 Å². The lowest BCUT2D eigenvalue weighted by atomic mass is 10.0. The van der Waals surface area contributed by atoms with E-state index in [1.54, 1.807) is 17.5 Å². The van der Waals surface area contributed by atoms with Crippen molar-refractivity contribution in [3.63, 3.8) is 0 Å². The Bertz CT molecular complexity index is 969. The number of halogens is 2. The van der Waals surface area contributed by atoms with Crippen molar-refractivity contribution < 1.29 is 23.1 Å². The summed E-state index contributed by atoms with van der Waals surface area (Å²) >= 11 is 1.13. The summed E-state index contributed by atoms with van der Waals surface area (Å²) in [4.78, 5) is 24.1. The third kappa shape index (κ3) is 4.38. The molecule has 27 heavy (non-hydrogen) atoms. The molecule has 0 aliphatic heterocycles. The zero-order valence-corrected chi connectivity index (χ0v) is 14.8. The Morgan fingerprint density at radius 3 is 2.41 bits per heavy atom. The first-order valence-electron chi connectivity index (χ1n) is 7.87. The highest BCUT2D eigenvalue weighted by molar-refractivity contribution is 7.12. The van der Waals surface area contributed by atoms with Crippen molar-refractivity contribution in [2.75, 3.05) is 5.32 Å². The van der Waals surface area contributed by atoms with Crippen LogP contribution in [-0.2, 0) is 4.74 Å². The number of ether oxygens (including phenoxy) is 1. The average Bonchev–Trinajstić information content (AvgIpc) is 3.09. The molecule has 0 spiro atoms. The fraction of sp³-hybridized carbons (Fsp3) is 0.0500. The molecular formula is C20H14F2NO3S. The van der Waals surface area contributed by atoms with Gasteiger partial charge in [-0.3, -0.25) is 10.1 Å². The second kappa shape index (κ2) is 8.09. The summed E-state index contributed by atoms with van der Waals surface area (Å²) in [7, 11) is 0. The summed E-state index contributed by atoms with van der Waals surface area (Å²) in [6.07, 6.45) is -1.97. The molecule has 1 amide bonds. The van der Waals surface area contributed by atoms with E-state index in [2.05, 4.69) is 12.2 Å². The van der Waals surface area contributed by atoms with Gasteiger partial charge in [-0.05, 0) is 35.2 Å². The Labute approximate surface area is 158 Å². The molecule has 2 aromatic carbocycles. The molecule has 1 atom stereocenters. The Hall–Kier alpha value is -3.06. The van der Waals surface area contributed by atoms with Gasteiger partial charge < -0.3 is 4.74 Å². The molecule has 137 valence electrons. The Morgan fingerprint density at radius 1 is 1.04 bits per heavy atom. The van der Waals surface area contributed by atoms with Crippen molar-refractivity contribution in [2.45, 2.75) is 6.10 Å². The Morgan fingerprint density at radius 2 is 1.74 bits per heavy atom. The molecule has 1 N–H and O–H groups in total. The molecule has 4 nitrogen and oxygen atoms in total. The predicted molar refractivity (Wildman–Crippen MR) is 98.8 cm³/mol. The van der Waals surface area contributed by atoms with Gasteiger partial charge in [0.25, 0.3) is 0 Å². The SMILES string of the molecule is [CH2]C(=O)c1sccc1NC(=O)OC(c1ccc(F)cc1)c1ccccc1F. The molecule has 0 aliphatic rings. The molecule has 3 rings (SSSR count). The van der Waals surface area contributed by atoms with Crippen LogP contribution >= 0.6 is 11.3 Å². The van der Waals surface area contributed by atoms with Gasteiger partial charge in [0.2, 0.25) is 0 Å². The molecule has 1 radical (unpaired) electrons. The van der Waals surface area contributed by atoms with Gasteiger partial charge in [-0.2, -0.15) is 0 Å². The lowest BCUT2D eigenvalue weighted by molar-refractivity contribution is 0.104. The molecule has 7 heteroatoms. The number of hydrogen-bond acceptors (Lipinski definition) is 4. The summed E-state index contributed by atoms with van der Waals surface area (Å²) in [6, 6.07) is 12.6. The van der Waals surface area contributed by atoms with Crippen LogP contribution in [0.15, 0.2) is 60.0 Å². The minimum absolute atomic E-state index is 0.123. The highest BCUT2D eigenvalue weighted by atomic mass is 32.1. The minimum Gasteiger partial charge on any atom is -0.436 e. The number of anilines is 1. The maximum absolute atomic E-state index is 14.3. The van der Waals surface area contributed by atoms with Gasteiger partial charge in [0.15, 0.2) is 11.9 Å². The van der Waals surface area contributed by atoms with Crippen LogP contribution in [0.1, 0.15) is 26.9 Å². The van der Waals surface area contributed by atoms with Crippen LogP contribution in [0.5, 0.6) is 0 Å². The second-order valence-electron chi connectivity index (χ2n) is 5.57. The summed E-state index contributed by atoms with van der Waals surface area (Å²) in [6.45, 7) is 3.32. The molecule has 1 aromatic heterocycles. The number of thiophene rings is 1. The van der Waals surface area contributed by atoms with Crippen molar-refractivity contribution in [3.05, 3.63) is 94.5 Å². The van der Waals surface area contributed by atoms with E-state index in [9.17, 15) is 18.4 Å². The number of benzene rings is 2. The zero-order valence-electron chi connectivity index (χ0n) is 13.9. The van der Waals surface area contributed by atoms with Gasteiger partial charge >= 0.3 is 6.09 Å². The summed E-state index contributed by atoms with van der Waals surface area (Å²) < 4.78 is 32.9. The van der Waals surface area contributed by atoms with E-state index >= 15 is 0 Å². The zero-order chi connectivity index (χ0) is 19.4. The normalized spacial score (nSPS) is 11.7. The number of ketones is 1. The van der Waals surface area contributed by atoms with Crippen molar-refractivity contribution in [3.8, 4) is 0 Å². The van der Waals surface area contributed by atoms with E-state index < -0.39 is 29.6 Å². The number of rotatable bonds is 5. The number of amides is 1. The molecule has 0 saturated carbocycles. The quantitative estimate of drug-likeness (QED) is 0.599. The van der Waals surface area contributed by atoms with Crippen LogP contribution in [0.3, 0.4) is 0 Å². The number of carbonyl (C=O) groups is 2. The monoisotopic (exact) mass is 386 g/mol. The lowest BCUT2D eigenvalue weighted by Crippen LogP contribution is -2.19. The van der Waals surface area contributed by atoms with E-state index in [-0.39, 0.29) is 16.1 Å². The predicted octanol–water partition coefficient (Wildman–Crippen LogP) is 5.38. The van der Waals surface area contributed by atoms with Crippen molar-refractivity contribution in [2.24, 2.45) is 0 Å². The number of nitrogens with one attached hydrogen (secondary N) is 1. The van der Waals surface area contributed by atoms with E-state index in [1.165, 1.54) is 42.5 Å². The first kappa shape index (κ1) is 18.7. The van der Waals surface area contributed by atoms with Crippen molar-refractivity contribution in [1.82, 2.24) is 0 Å². The van der Waals surface area contributed by atoms with Gasteiger partial charge in [0, 0.05) is 12.5 Å². The fourth-order valence-corrected chi connectivity index (χ4v) is 3.22. The lowest BCUT2D eigenvalue weighted by Gasteiger charge is -2.19. The smallest absolute Gasteiger partial charge is 0.412 e. The first-order chi connectivity index (χ1) is 13.0. The van der Waals surface area contributed by atoms with Crippen molar-refractivity contribution in [1.29, 1.82) is 0 Å². The number of Topliss-reactive ketones (excluding diaryl/α,β-unsaturated/α-hetero) is 1. The fourth-order valence-electron chi connectivity index (χ4n) is 2.51. The third-order valence-corrected chi connectivity index (χ3v) is 4.70. The van der Waals surface area contributed by atoms with Gasteiger partial charge in [-0.15, -0.1) is 11.3 Å². The average molecular weight is 386 g/mol. The molecule has 1 unspecified atom stereocenters. The molecule has 0 fully saturated rings. The third-order valence-electron chi connectivity index (χ3n) is 3.74. The maximum Gasteiger partial charge on any atom is 0.412 e. The minimum atomic E-state index is -1.09. The maximum atomic E-state index is 14.3. The summed E-state index contributed by atoms with van der Waals surface area (Å²) in [5, 5.41) is 4.09. The topological polar surface area (TPSA) is 55.4 Å². The second-order valence-corrected chi connectivity index (χ2v) is 6.49. The van der Waals surface area contributed by atoms with E-state index in [4.69, 9.17) is 4.74 Å². The first-order valence-corrected chi connectivity index (χ1v) is 8.75. The van der Waals surface area contributed by atoms with Crippen LogP contribution in [0.25, 0.3) is 0 Å². The summed E-state index contributed by atoms with van der Waals surface area (Å²) in [5.74, 6) is -1.47. The Balaban J connectivity index is 1.88. The molecule has 1 heterocycles. The van der Waals surface area contributed by atoms with Crippen LogP contribution in [0, 0.1) is 18.6 Å². The summed E-state index contributed by atoms with van der Waals surface area (Å²) in [5.41, 5.74) is 0.782. The molecule has 0 aliphatic carbocycles. The highest BCUT2D eigenvalue weighted by Gasteiger charge is 2.23. The van der Waals surface area contributed by atoms with E-state index in [0.717, 1.165) is 11.3 Å². The van der Waals surface area contributed by atoms with Gasteiger partial charge in [0.05, 0.1) is 10.6 Å². The molecule has 0 saturated heterocycles. The number of hydrogen-bond donors (Lipinski definition) is 1. The van der Waals surface area contributed by atoms with Gasteiger partial charge in [-0.1, -0.05) is 30.3 Å². The largest absolute Gasteiger partial charge is 0.436 e. The van der Waals surface area contributed by atoms with E-state index in [0.29, 0.717) is 5.56 Å². The van der Waals surface area contributed by atoms with E-state index in [1.807, 2.05) is 0 Å². The molecular weight excluding hydrogens is 372 g/mol. The standard InChI is InChI=1S/C20H14F2NO3S/c1-12(24)19-17(10-11-27-19)23-20(25)26-18(13-6-8-14(21)9-7-13)15-4-2-3-5-16(15)22/h2-11,18H,1H2,(H,23,25). The van der Waals surface area contributed by atoms with Gasteiger partial charge in [0.1, 0.15) is 11.6 Å². The van der Waals surface area contributed by atoms with Crippen LogP contribution in [-0.4, -0.2) is 11.9 Å². The molecule has 3 aromatic rings. The van der Waals surface area contributed by atoms with Crippen LogP contribution in [0.2, 0.25) is 0 Å². The highest BCUT2D eigenvalue weighted by Crippen LogP contribution is 2.29. The van der Waals surface area contributed by atoms with Crippen LogP contribution < -0.4 is 5.32 Å². The molecule has 0 bridgehead atoms. The number of carbonyl (C=O) groups excluding carboxylic acids is 2. The van der Waals surface area contributed by atoms with Gasteiger partial charge in [-0.25, -0.2) is 13.6 Å².